The fourth-order valence-corrected chi connectivity index (χ4v) is 7.57. The van der Waals surface area contributed by atoms with Crippen molar-refractivity contribution in [2.75, 3.05) is 13.1 Å². The van der Waals surface area contributed by atoms with Crippen LogP contribution in [0.4, 0.5) is 4.79 Å². The Labute approximate surface area is 301 Å². The summed E-state index contributed by atoms with van der Waals surface area (Å²) >= 11 is 0. The second-order valence-electron chi connectivity index (χ2n) is 15.9. The SMILES string of the molecule is CCCCNC(=O)[C@H](C[C@H](O)[C@H](CC1CCCCC1)NC(=O)[C@H](CCC)N1CC[C@@H](c2ccccc2)[C@H](NC(=O)OC(C)(C)C)C1=O)C(C)C. The first-order chi connectivity index (χ1) is 23.7. The molecule has 0 radical (unpaired) electrons. The zero-order chi connectivity index (χ0) is 36.8. The van der Waals surface area contributed by atoms with Gasteiger partial charge in [0.25, 0.3) is 0 Å². The lowest BCUT2D eigenvalue weighted by Gasteiger charge is -2.42. The molecule has 10 heteroatoms. The summed E-state index contributed by atoms with van der Waals surface area (Å²) in [5.41, 5.74) is 0.194. The average Bonchev–Trinajstić information content (AvgIpc) is 3.06. The Balaban J connectivity index is 1.86. The van der Waals surface area contributed by atoms with Crippen LogP contribution in [0.15, 0.2) is 30.3 Å². The zero-order valence-electron chi connectivity index (χ0n) is 31.8. The number of carbonyl (C=O) groups excluding carboxylic acids is 4. The molecule has 1 saturated heterocycles. The summed E-state index contributed by atoms with van der Waals surface area (Å²) in [6, 6.07) is 7.43. The number of likely N-dealkylation sites (tertiary alicyclic amines) is 1. The van der Waals surface area contributed by atoms with Crippen molar-refractivity contribution in [3.63, 3.8) is 0 Å². The molecule has 1 aliphatic heterocycles. The van der Waals surface area contributed by atoms with E-state index in [0.717, 1.165) is 44.1 Å². The molecule has 4 amide bonds. The lowest BCUT2D eigenvalue weighted by atomic mass is 9.81. The Morgan fingerprint density at radius 2 is 1.66 bits per heavy atom. The third kappa shape index (κ3) is 12.6. The number of nitrogens with one attached hydrogen (secondary N) is 3. The van der Waals surface area contributed by atoms with Gasteiger partial charge in [-0.3, -0.25) is 14.4 Å². The van der Waals surface area contributed by atoms with Gasteiger partial charge in [0, 0.05) is 24.9 Å². The Hall–Kier alpha value is -3.14. The van der Waals surface area contributed by atoms with E-state index in [1.165, 1.54) is 6.42 Å². The molecule has 4 N–H and O–H groups in total. The van der Waals surface area contributed by atoms with Gasteiger partial charge in [-0.15, -0.1) is 0 Å². The van der Waals surface area contributed by atoms with E-state index >= 15 is 0 Å². The number of amides is 4. The smallest absolute Gasteiger partial charge is 0.408 e. The predicted molar refractivity (Wildman–Crippen MR) is 197 cm³/mol. The van der Waals surface area contributed by atoms with Crippen molar-refractivity contribution in [1.29, 1.82) is 0 Å². The van der Waals surface area contributed by atoms with E-state index in [0.29, 0.717) is 44.7 Å². The quantitative estimate of drug-likeness (QED) is 0.138. The fraction of sp³-hybridized carbons (Fsp3) is 0.750. The Bertz CT molecular complexity index is 1210. The zero-order valence-corrected chi connectivity index (χ0v) is 31.8. The van der Waals surface area contributed by atoms with Gasteiger partial charge in [0.1, 0.15) is 17.7 Å². The number of aliphatic hydroxyl groups is 1. The van der Waals surface area contributed by atoms with Crippen LogP contribution in [-0.4, -0.2) is 76.7 Å². The maximum absolute atomic E-state index is 14.4. The number of ether oxygens (including phenoxy) is 1. The van der Waals surface area contributed by atoms with Crippen LogP contribution < -0.4 is 16.0 Å². The van der Waals surface area contributed by atoms with Crippen molar-refractivity contribution >= 4 is 23.8 Å². The first-order valence-corrected chi connectivity index (χ1v) is 19.4. The first-order valence-electron chi connectivity index (χ1n) is 19.4. The van der Waals surface area contributed by atoms with Gasteiger partial charge in [-0.2, -0.15) is 0 Å². The van der Waals surface area contributed by atoms with Gasteiger partial charge in [0.2, 0.25) is 17.7 Å². The number of nitrogens with zero attached hydrogens (tertiary/aromatic N) is 1. The highest BCUT2D eigenvalue weighted by Crippen LogP contribution is 2.33. The van der Waals surface area contributed by atoms with Gasteiger partial charge in [0.15, 0.2) is 0 Å². The number of hydrogen-bond donors (Lipinski definition) is 4. The fourth-order valence-electron chi connectivity index (χ4n) is 7.57. The molecular weight excluding hydrogens is 632 g/mol. The summed E-state index contributed by atoms with van der Waals surface area (Å²) in [4.78, 5) is 56.5. The number of hydrogen-bond acceptors (Lipinski definition) is 6. The standard InChI is InChI=1S/C40H66N4O6/c1-8-10-23-41-36(46)31(27(3)4)26-34(45)32(25-28-18-13-11-14-19-28)42-37(47)33(17-9-2)44-24-22-30(29-20-15-12-16-21-29)35(38(44)48)43-39(49)50-40(5,6)7/h12,15-16,20-21,27-28,30-35,45H,8-11,13-14,17-19,22-26H2,1-7H3,(H,41,46)(H,42,47)(H,43,49)/t30-,31+,32-,33-,34-,35-/m0/s1. The molecule has 3 rings (SSSR count). The van der Waals surface area contributed by atoms with E-state index in [2.05, 4.69) is 22.9 Å². The van der Waals surface area contributed by atoms with Crippen molar-refractivity contribution in [2.45, 2.75) is 161 Å². The van der Waals surface area contributed by atoms with Crippen LogP contribution in [0.25, 0.3) is 0 Å². The van der Waals surface area contributed by atoms with Crippen LogP contribution >= 0.6 is 0 Å². The second-order valence-corrected chi connectivity index (χ2v) is 15.9. The number of carbonyl (C=O) groups is 4. The molecule has 2 fully saturated rings. The van der Waals surface area contributed by atoms with Gasteiger partial charge in [-0.1, -0.05) is 103 Å². The molecule has 1 aromatic rings. The molecule has 1 saturated carbocycles. The molecule has 282 valence electrons. The Morgan fingerprint density at radius 1 is 0.980 bits per heavy atom. The van der Waals surface area contributed by atoms with Crippen LogP contribution in [0.1, 0.15) is 137 Å². The number of piperidine rings is 1. The molecule has 0 bridgehead atoms. The summed E-state index contributed by atoms with van der Waals surface area (Å²) in [7, 11) is 0. The highest BCUT2D eigenvalue weighted by Gasteiger charge is 2.44. The number of alkyl carbamates (subject to hydrolysis) is 1. The van der Waals surface area contributed by atoms with E-state index in [4.69, 9.17) is 4.74 Å². The minimum Gasteiger partial charge on any atom is -0.444 e. The molecule has 0 spiro atoms. The lowest BCUT2D eigenvalue weighted by Crippen LogP contribution is -2.62. The molecule has 1 aliphatic carbocycles. The lowest BCUT2D eigenvalue weighted by molar-refractivity contribution is -0.146. The number of rotatable bonds is 17. The van der Waals surface area contributed by atoms with Crippen molar-refractivity contribution < 1.29 is 29.0 Å². The largest absolute Gasteiger partial charge is 0.444 e. The molecule has 1 aromatic carbocycles. The van der Waals surface area contributed by atoms with E-state index in [-0.39, 0.29) is 36.0 Å². The van der Waals surface area contributed by atoms with E-state index in [1.54, 1.807) is 25.7 Å². The van der Waals surface area contributed by atoms with Gasteiger partial charge < -0.3 is 30.7 Å². The maximum Gasteiger partial charge on any atom is 0.408 e. The number of benzene rings is 1. The summed E-state index contributed by atoms with van der Waals surface area (Å²) < 4.78 is 5.55. The summed E-state index contributed by atoms with van der Waals surface area (Å²) in [5.74, 6) is -0.972. The van der Waals surface area contributed by atoms with Gasteiger partial charge in [-0.05, 0) is 70.3 Å². The molecule has 0 unspecified atom stereocenters. The van der Waals surface area contributed by atoms with Crippen molar-refractivity contribution in [3.8, 4) is 0 Å². The van der Waals surface area contributed by atoms with Crippen LogP contribution in [0.2, 0.25) is 0 Å². The molecular formula is C40H66N4O6. The summed E-state index contributed by atoms with van der Waals surface area (Å²) in [5, 5.41) is 20.9. The predicted octanol–water partition coefficient (Wildman–Crippen LogP) is 6.46. The highest BCUT2D eigenvalue weighted by atomic mass is 16.6. The minimum atomic E-state index is -0.923. The van der Waals surface area contributed by atoms with Crippen molar-refractivity contribution in [2.24, 2.45) is 17.8 Å². The van der Waals surface area contributed by atoms with Crippen LogP contribution in [0.3, 0.4) is 0 Å². The van der Waals surface area contributed by atoms with Crippen molar-refractivity contribution in [3.05, 3.63) is 35.9 Å². The molecule has 0 aromatic heterocycles. The molecule has 1 heterocycles. The van der Waals surface area contributed by atoms with Gasteiger partial charge in [0.05, 0.1) is 12.1 Å². The summed E-state index contributed by atoms with van der Waals surface area (Å²) in [6.45, 7) is 14.3. The number of unbranched alkanes of at least 4 members (excludes halogenated alkanes) is 1. The van der Waals surface area contributed by atoms with Crippen LogP contribution in [0.5, 0.6) is 0 Å². The van der Waals surface area contributed by atoms with Crippen molar-refractivity contribution in [1.82, 2.24) is 20.9 Å². The first kappa shape index (κ1) is 41.3. The van der Waals surface area contributed by atoms with E-state index in [1.807, 2.05) is 51.1 Å². The molecule has 10 nitrogen and oxygen atoms in total. The third-order valence-corrected chi connectivity index (χ3v) is 10.3. The monoisotopic (exact) mass is 698 g/mol. The third-order valence-electron chi connectivity index (χ3n) is 10.3. The van der Waals surface area contributed by atoms with Crippen LogP contribution in [-0.2, 0) is 19.1 Å². The maximum atomic E-state index is 14.4. The van der Waals surface area contributed by atoms with Gasteiger partial charge in [-0.25, -0.2) is 4.79 Å². The average molecular weight is 699 g/mol. The van der Waals surface area contributed by atoms with E-state index < -0.39 is 41.8 Å². The topological polar surface area (TPSA) is 137 Å². The second kappa shape index (κ2) is 20.0. The van der Waals surface area contributed by atoms with E-state index in [9.17, 15) is 24.3 Å². The summed E-state index contributed by atoms with van der Waals surface area (Å²) in [6.07, 6.45) is 8.36. The molecule has 50 heavy (non-hydrogen) atoms. The molecule has 6 atom stereocenters. The van der Waals surface area contributed by atoms with Gasteiger partial charge >= 0.3 is 6.09 Å². The van der Waals surface area contributed by atoms with Crippen LogP contribution in [0, 0.1) is 17.8 Å². The molecule has 2 aliphatic rings. The number of aliphatic hydroxyl groups excluding tert-OH is 1. The Kier molecular flexibility index (Phi) is 16.5. The highest BCUT2D eigenvalue weighted by molar-refractivity contribution is 5.92. The normalized spacial score (nSPS) is 21.2. The Morgan fingerprint density at radius 3 is 2.26 bits per heavy atom. The minimum absolute atomic E-state index is 0.0167.